The molecule has 0 bridgehead atoms. The molecule has 0 aliphatic carbocycles. The fourth-order valence-electron chi connectivity index (χ4n) is 1.87. The molecule has 0 aliphatic heterocycles. The quantitative estimate of drug-likeness (QED) is 0.612. The van der Waals surface area contributed by atoms with E-state index in [9.17, 15) is 0 Å². The van der Waals surface area contributed by atoms with Gasteiger partial charge < -0.3 is 15.6 Å². The van der Waals surface area contributed by atoms with Crippen LogP contribution in [0.2, 0.25) is 0 Å². The Balaban J connectivity index is 1.75. The summed E-state index contributed by atoms with van der Waals surface area (Å²) in [6.45, 7) is 1.81. The van der Waals surface area contributed by atoms with Crippen molar-refractivity contribution in [2.24, 2.45) is 0 Å². The molecule has 0 radical (unpaired) electrons. The van der Waals surface area contributed by atoms with Crippen molar-refractivity contribution in [3.8, 4) is 6.07 Å². The number of benzene rings is 1. The minimum absolute atomic E-state index is 0.592. The van der Waals surface area contributed by atoms with Crippen LogP contribution in [-0.2, 0) is 6.54 Å². The second-order valence-corrected chi connectivity index (χ2v) is 4.35. The second-order valence-electron chi connectivity index (χ2n) is 4.35. The van der Waals surface area contributed by atoms with Gasteiger partial charge in [-0.15, -0.1) is 0 Å². The van der Waals surface area contributed by atoms with Crippen LogP contribution < -0.4 is 11.1 Å². The molecule has 2 aromatic rings. The highest BCUT2D eigenvalue weighted by Gasteiger charge is 2.01. The maximum atomic E-state index is 9.01. The summed E-state index contributed by atoms with van der Waals surface area (Å²) >= 11 is 0. The molecule has 5 heteroatoms. The van der Waals surface area contributed by atoms with E-state index >= 15 is 0 Å². The highest BCUT2D eigenvalue weighted by molar-refractivity contribution is 5.62. The molecular weight excluding hydrogens is 238 g/mol. The number of aromatic nitrogens is 2. The number of anilines is 2. The lowest BCUT2D eigenvalue weighted by Crippen LogP contribution is -2.05. The summed E-state index contributed by atoms with van der Waals surface area (Å²) in [4.78, 5) is 4.00. The van der Waals surface area contributed by atoms with Gasteiger partial charge in [-0.3, -0.25) is 0 Å². The van der Waals surface area contributed by atoms with Crippen molar-refractivity contribution in [1.82, 2.24) is 9.55 Å². The Morgan fingerprint density at radius 1 is 1.37 bits per heavy atom. The number of hydrogen-bond donors (Lipinski definition) is 2. The van der Waals surface area contributed by atoms with Gasteiger partial charge >= 0.3 is 0 Å². The highest BCUT2D eigenvalue weighted by Crippen LogP contribution is 2.17. The third-order valence-corrected chi connectivity index (χ3v) is 2.88. The zero-order valence-corrected chi connectivity index (χ0v) is 10.7. The van der Waals surface area contributed by atoms with Crippen LogP contribution >= 0.6 is 0 Å². The van der Waals surface area contributed by atoms with E-state index in [-0.39, 0.29) is 0 Å². The molecule has 5 nitrogen and oxygen atoms in total. The first kappa shape index (κ1) is 13.0. The van der Waals surface area contributed by atoms with Crippen molar-refractivity contribution in [3.63, 3.8) is 0 Å². The van der Waals surface area contributed by atoms with Gasteiger partial charge in [-0.25, -0.2) is 4.98 Å². The smallest absolute Gasteiger partial charge is 0.101 e. The Morgan fingerprint density at radius 2 is 2.26 bits per heavy atom. The number of unbranched alkanes of at least 4 members (excludes halogenated alkanes) is 1. The third kappa shape index (κ3) is 3.75. The van der Waals surface area contributed by atoms with Crippen LogP contribution in [0, 0.1) is 11.3 Å². The number of nitrogen functional groups attached to an aromatic ring is 1. The summed E-state index contributed by atoms with van der Waals surface area (Å²) < 4.78 is 2.06. The zero-order valence-electron chi connectivity index (χ0n) is 10.7. The molecule has 0 fully saturated rings. The Kier molecular flexibility index (Phi) is 4.40. The number of rotatable bonds is 6. The number of nitrogens with one attached hydrogen (secondary N) is 1. The molecule has 0 saturated heterocycles. The summed E-state index contributed by atoms with van der Waals surface area (Å²) in [5.41, 5.74) is 7.70. The van der Waals surface area contributed by atoms with Crippen molar-refractivity contribution in [2.45, 2.75) is 19.4 Å². The summed E-state index contributed by atoms with van der Waals surface area (Å²) in [5.74, 6) is 0. The summed E-state index contributed by atoms with van der Waals surface area (Å²) in [5, 5.41) is 12.3. The maximum Gasteiger partial charge on any atom is 0.101 e. The fraction of sp³-hybridized carbons (Fsp3) is 0.286. The second kappa shape index (κ2) is 6.45. The molecule has 0 aliphatic rings. The van der Waals surface area contributed by atoms with Crippen molar-refractivity contribution >= 4 is 11.4 Å². The summed E-state index contributed by atoms with van der Waals surface area (Å²) in [6.07, 6.45) is 7.67. The number of nitrogens with zero attached hydrogens (tertiary/aromatic N) is 3. The van der Waals surface area contributed by atoms with E-state index in [0.29, 0.717) is 11.3 Å². The lowest BCUT2D eigenvalue weighted by atomic mass is 10.1. The van der Waals surface area contributed by atoms with Crippen LogP contribution in [0.3, 0.4) is 0 Å². The number of aryl methyl sites for hydroxylation is 1. The first-order valence-electron chi connectivity index (χ1n) is 6.29. The minimum Gasteiger partial charge on any atom is -0.399 e. The number of nitriles is 1. The lowest BCUT2D eigenvalue weighted by Gasteiger charge is -2.08. The summed E-state index contributed by atoms with van der Waals surface area (Å²) in [7, 11) is 0. The van der Waals surface area contributed by atoms with Crippen molar-refractivity contribution in [1.29, 1.82) is 5.26 Å². The Hall–Kier alpha value is -2.48. The van der Waals surface area contributed by atoms with Crippen LogP contribution in [0.1, 0.15) is 18.4 Å². The van der Waals surface area contributed by atoms with E-state index in [2.05, 4.69) is 20.9 Å². The Bertz CT molecular complexity index is 554. The molecule has 19 heavy (non-hydrogen) atoms. The van der Waals surface area contributed by atoms with Crippen LogP contribution in [0.25, 0.3) is 0 Å². The molecule has 2 rings (SSSR count). The van der Waals surface area contributed by atoms with Crippen LogP contribution in [0.15, 0.2) is 36.9 Å². The van der Waals surface area contributed by atoms with Crippen LogP contribution in [0.4, 0.5) is 11.4 Å². The molecule has 0 amide bonds. The van der Waals surface area contributed by atoms with Gasteiger partial charge in [-0.2, -0.15) is 5.26 Å². The van der Waals surface area contributed by atoms with E-state index in [1.165, 1.54) is 0 Å². The van der Waals surface area contributed by atoms with Crippen molar-refractivity contribution in [3.05, 3.63) is 42.5 Å². The number of nitrogens with two attached hydrogens (primary N) is 1. The highest BCUT2D eigenvalue weighted by atomic mass is 15.0. The maximum absolute atomic E-state index is 9.01. The van der Waals surface area contributed by atoms with Gasteiger partial charge in [0.25, 0.3) is 0 Å². The van der Waals surface area contributed by atoms with E-state index in [1.807, 2.05) is 18.6 Å². The first-order valence-corrected chi connectivity index (χ1v) is 6.29. The van der Waals surface area contributed by atoms with E-state index in [4.69, 9.17) is 11.0 Å². The topological polar surface area (TPSA) is 79.7 Å². The van der Waals surface area contributed by atoms with Crippen molar-refractivity contribution < 1.29 is 0 Å². The number of imidazole rings is 1. The van der Waals surface area contributed by atoms with E-state index in [1.54, 1.807) is 18.3 Å². The van der Waals surface area contributed by atoms with Crippen LogP contribution in [0.5, 0.6) is 0 Å². The number of hydrogen-bond acceptors (Lipinski definition) is 4. The normalized spacial score (nSPS) is 10.1. The molecule has 0 spiro atoms. The summed E-state index contributed by atoms with van der Waals surface area (Å²) in [6, 6.07) is 7.48. The van der Waals surface area contributed by atoms with Gasteiger partial charge in [0.2, 0.25) is 0 Å². The fourth-order valence-corrected chi connectivity index (χ4v) is 1.87. The standard InChI is InChI=1S/C14H17N5/c15-10-12-9-13(16)3-4-14(12)18-5-1-2-7-19-8-6-17-11-19/h3-4,6,8-9,11,18H,1-2,5,7,16H2. The van der Waals surface area contributed by atoms with E-state index < -0.39 is 0 Å². The zero-order chi connectivity index (χ0) is 13.5. The molecule has 0 unspecified atom stereocenters. The largest absolute Gasteiger partial charge is 0.399 e. The molecule has 0 saturated carbocycles. The predicted octanol–water partition coefficient (Wildman–Crippen LogP) is 2.23. The molecule has 3 N–H and O–H groups in total. The minimum atomic E-state index is 0.592. The molecular formula is C14H17N5. The first-order chi connectivity index (χ1) is 9.29. The average molecular weight is 255 g/mol. The van der Waals surface area contributed by atoms with Crippen LogP contribution in [-0.4, -0.2) is 16.1 Å². The Labute approximate surface area is 112 Å². The lowest BCUT2D eigenvalue weighted by molar-refractivity contribution is 0.621. The van der Waals surface area contributed by atoms with E-state index in [0.717, 1.165) is 31.6 Å². The monoisotopic (exact) mass is 255 g/mol. The molecule has 1 heterocycles. The molecule has 98 valence electrons. The van der Waals surface area contributed by atoms with Gasteiger partial charge in [0.1, 0.15) is 6.07 Å². The SMILES string of the molecule is N#Cc1cc(N)ccc1NCCCCn1ccnc1. The molecule has 0 atom stereocenters. The van der Waals surface area contributed by atoms with Gasteiger partial charge in [0.15, 0.2) is 0 Å². The van der Waals surface area contributed by atoms with Crippen molar-refractivity contribution in [2.75, 3.05) is 17.6 Å². The third-order valence-electron chi connectivity index (χ3n) is 2.88. The predicted molar refractivity (Wildman–Crippen MR) is 75.5 cm³/mol. The van der Waals surface area contributed by atoms with Gasteiger partial charge in [0, 0.05) is 31.2 Å². The average Bonchev–Trinajstić information content (AvgIpc) is 2.93. The van der Waals surface area contributed by atoms with Gasteiger partial charge in [-0.1, -0.05) is 0 Å². The van der Waals surface area contributed by atoms with Gasteiger partial charge in [0.05, 0.1) is 17.6 Å². The molecule has 1 aromatic carbocycles. The molecule has 1 aromatic heterocycles. The Morgan fingerprint density at radius 3 is 3.00 bits per heavy atom. The van der Waals surface area contributed by atoms with Gasteiger partial charge in [-0.05, 0) is 31.0 Å².